The average molecular weight is 415 g/mol. The molecule has 0 spiro atoms. The lowest BCUT2D eigenvalue weighted by molar-refractivity contribution is -0.274. The Balaban J connectivity index is 2.13. The number of halogens is 6. The quantitative estimate of drug-likeness (QED) is 0.605. The lowest BCUT2D eigenvalue weighted by atomic mass is 9.93. The van der Waals surface area contributed by atoms with Crippen LogP contribution in [0, 0.1) is 0 Å². The van der Waals surface area contributed by atoms with Gasteiger partial charge in [0.2, 0.25) is 5.91 Å². The van der Waals surface area contributed by atoms with Gasteiger partial charge in [0.1, 0.15) is 17.0 Å². The molecule has 1 fully saturated rings. The molecule has 2 atom stereocenters. The summed E-state index contributed by atoms with van der Waals surface area (Å²) in [6, 6.07) is 3.08. The maximum atomic E-state index is 14.1. The van der Waals surface area contributed by atoms with Gasteiger partial charge in [-0.15, -0.1) is 13.2 Å². The molecular weight excluding hydrogens is 396 g/mol. The lowest BCUT2D eigenvalue weighted by Gasteiger charge is -2.28. The molecule has 1 saturated carbocycles. The highest BCUT2D eigenvalue weighted by molar-refractivity contribution is 5.78. The van der Waals surface area contributed by atoms with Gasteiger partial charge in [0, 0.05) is 0 Å². The van der Waals surface area contributed by atoms with Crippen LogP contribution in [0.25, 0.3) is 0 Å². The molecule has 1 aliphatic carbocycles. The Bertz CT molecular complexity index is 690. The standard InChI is InChI=1S/C17H19F6NO4/c1-15(26,16(20)5-6-16)8-13(25)24-12(9-27-14(18)19)10-3-2-4-11(7-10)28-17(21,22)23/h2-4,7,12,14,26H,5-6,8-9H2,1H3,(H,24,25)/t12-,15?/m0/s1. The molecule has 2 rings (SSSR count). The summed E-state index contributed by atoms with van der Waals surface area (Å²) in [5.41, 5.74) is -3.87. The number of benzene rings is 1. The van der Waals surface area contributed by atoms with Crippen molar-refractivity contribution in [1.29, 1.82) is 0 Å². The van der Waals surface area contributed by atoms with Crippen LogP contribution in [0.15, 0.2) is 24.3 Å². The summed E-state index contributed by atoms with van der Waals surface area (Å²) in [6.45, 7) is -2.80. The van der Waals surface area contributed by atoms with E-state index < -0.39 is 55.0 Å². The largest absolute Gasteiger partial charge is 0.573 e. The van der Waals surface area contributed by atoms with Crippen LogP contribution in [0.2, 0.25) is 0 Å². The first-order chi connectivity index (χ1) is 12.8. The van der Waals surface area contributed by atoms with Gasteiger partial charge in [0.05, 0.1) is 19.1 Å². The van der Waals surface area contributed by atoms with Crippen molar-refractivity contribution in [2.24, 2.45) is 0 Å². The fraction of sp³-hybridized carbons (Fsp3) is 0.588. The van der Waals surface area contributed by atoms with Gasteiger partial charge < -0.3 is 19.9 Å². The third-order valence-corrected chi connectivity index (χ3v) is 4.38. The van der Waals surface area contributed by atoms with Crippen molar-refractivity contribution < 1.29 is 45.7 Å². The van der Waals surface area contributed by atoms with E-state index >= 15 is 0 Å². The Morgan fingerprint density at radius 3 is 2.50 bits per heavy atom. The van der Waals surface area contributed by atoms with Gasteiger partial charge in [-0.25, -0.2) is 4.39 Å². The zero-order chi connectivity index (χ0) is 21.2. The van der Waals surface area contributed by atoms with Gasteiger partial charge in [-0.1, -0.05) is 12.1 Å². The van der Waals surface area contributed by atoms with Gasteiger partial charge in [-0.2, -0.15) is 8.78 Å². The maximum absolute atomic E-state index is 14.1. The van der Waals surface area contributed by atoms with Crippen LogP contribution in [0.5, 0.6) is 5.75 Å². The molecule has 0 bridgehead atoms. The van der Waals surface area contributed by atoms with Crippen molar-refractivity contribution >= 4 is 5.91 Å². The van der Waals surface area contributed by atoms with E-state index in [1.165, 1.54) is 12.1 Å². The summed E-state index contributed by atoms with van der Waals surface area (Å²) in [5.74, 6) is -1.49. The number of ether oxygens (including phenoxy) is 2. The van der Waals surface area contributed by atoms with Crippen LogP contribution in [0.3, 0.4) is 0 Å². The van der Waals surface area contributed by atoms with Crippen molar-refractivity contribution in [3.05, 3.63) is 29.8 Å². The molecule has 1 unspecified atom stereocenters. The highest BCUT2D eigenvalue weighted by atomic mass is 19.4. The zero-order valence-corrected chi connectivity index (χ0v) is 14.7. The molecule has 28 heavy (non-hydrogen) atoms. The summed E-state index contributed by atoms with van der Waals surface area (Å²) >= 11 is 0. The van der Waals surface area contributed by atoms with E-state index in [1.54, 1.807) is 0 Å². The molecule has 5 nitrogen and oxygen atoms in total. The summed E-state index contributed by atoms with van der Waals surface area (Å²) in [4.78, 5) is 12.2. The second kappa shape index (κ2) is 8.16. The molecule has 0 aliphatic heterocycles. The average Bonchev–Trinajstić information content (AvgIpc) is 3.29. The van der Waals surface area contributed by atoms with Crippen LogP contribution < -0.4 is 10.1 Å². The first-order valence-corrected chi connectivity index (χ1v) is 8.27. The number of hydrogen-bond acceptors (Lipinski definition) is 4. The summed E-state index contributed by atoms with van der Waals surface area (Å²) in [5, 5.41) is 12.4. The minimum absolute atomic E-state index is 0.00298. The molecule has 1 amide bonds. The van der Waals surface area contributed by atoms with E-state index in [0.717, 1.165) is 19.1 Å². The van der Waals surface area contributed by atoms with Crippen LogP contribution in [-0.2, 0) is 9.53 Å². The minimum Gasteiger partial charge on any atom is -0.406 e. The monoisotopic (exact) mass is 415 g/mol. The molecule has 2 N–H and O–H groups in total. The number of carbonyl (C=O) groups excluding carboxylic acids is 1. The van der Waals surface area contributed by atoms with Crippen LogP contribution in [0.4, 0.5) is 26.3 Å². The maximum Gasteiger partial charge on any atom is 0.573 e. The number of rotatable bonds is 9. The Labute approximate surface area is 156 Å². The predicted octanol–water partition coefficient (Wildman–Crippen LogP) is 3.62. The molecule has 11 heteroatoms. The highest BCUT2D eigenvalue weighted by Crippen LogP contribution is 2.50. The summed E-state index contributed by atoms with van der Waals surface area (Å²) < 4.78 is 83.9. The summed E-state index contributed by atoms with van der Waals surface area (Å²) in [6.07, 6.45) is -5.45. The van der Waals surface area contributed by atoms with Gasteiger partial charge in [-0.05, 0) is 37.5 Å². The predicted molar refractivity (Wildman–Crippen MR) is 84.3 cm³/mol. The zero-order valence-electron chi connectivity index (χ0n) is 14.7. The van der Waals surface area contributed by atoms with E-state index in [-0.39, 0.29) is 18.4 Å². The van der Waals surface area contributed by atoms with Crippen LogP contribution >= 0.6 is 0 Å². The first kappa shape index (κ1) is 22.3. The number of aliphatic hydroxyl groups is 1. The van der Waals surface area contributed by atoms with Gasteiger partial charge in [0.15, 0.2) is 0 Å². The second-order valence-electron chi connectivity index (χ2n) is 6.75. The van der Waals surface area contributed by atoms with Crippen molar-refractivity contribution in [2.75, 3.05) is 6.61 Å². The Kier molecular flexibility index (Phi) is 6.49. The molecule has 1 aliphatic rings. The van der Waals surface area contributed by atoms with Gasteiger partial charge >= 0.3 is 13.0 Å². The molecule has 0 radical (unpaired) electrons. The normalized spacial score (nSPS) is 19.0. The van der Waals surface area contributed by atoms with Crippen molar-refractivity contribution in [3.63, 3.8) is 0 Å². The number of nitrogens with one attached hydrogen (secondary N) is 1. The number of carbonyl (C=O) groups is 1. The van der Waals surface area contributed by atoms with Crippen molar-refractivity contribution in [2.45, 2.75) is 56.5 Å². The van der Waals surface area contributed by atoms with E-state index in [4.69, 9.17) is 0 Å². The van der Waals surface area contributed by atoms with Crippen molar-refractivity contribution in [3.8, 4) is 5.75 Å². The van der Waals surface area contributed by atoms with Gasteiger partial charge in [0.25, 0.3) is 0 Å². The third kappa shape index (κ3) is 6.26. The third-order valence-electron chi connectivity index (χ3n) is 4.38. The fourth-order valence-corrected chi connectivity index (χ4v) is 2.68. The van der Waals surface area contributed by atoms with E-state index in [1.807, 2.05) is 0 Å². The molecular formula is C17H19F6NO4. The molecule has 158 valence electrons. The topological polar surface area (TPSA) is 67.8 Å². The molecule has 0 saturated heterocycles. The van der Waals surface area contributed by atoms with Gasteiger partial charge in [-0.3, -0.25) is 4.79 Å². The smallest absolute Gasteiger partial charge is 0.406 e. The number of amides is 1. The summed E-state index contributed by atoms with van der Waals surface area (Å²) in [7, 11) is 0. The number of alkyl halides is 6. The fourth-order valence-electron chi connectivity index (χ4n) is 2.68. The molecule has 1 aromatic carbocycles. The highest BCUT2D eigenvalue weighted by Gasteiger charge is 2.58. The van der Waals surface area contributed by atoms with E-state index in [0.29, 0.717) is 0 Å². The van der Waals surface area contributed by atoms with Crippen LogP contribution in [-0.4, -0.2) is 41.9 Å². The second-order valence-corrected chi connectivity index (χ2v) is 6.75. The van der Waals surface area contributed by atoms with E-state index in [2.05, 4.69) is 14.8 Å². The number of hydrogen-bond donors (Lipinski definition) is 2. The van der Waals surface area contributed by atoms with Crippen LogP contribution in [0.1, 0.15) is 37.8 Å². The molecule has 0 aromatic heterocycles. The Morgan fingerprint density at radius 2 is 1.96 bits per heavy atom. The SMILES string of the molecule is CC(O)(CC(=O)N[C@@H](COC(F)F)c1cccc(OC(F)(F)F)c1)C1(F)CC1. The van der Waals surface area contributed by atoms with Crippen molar-refractivity contribution in [1.82, 2.24) is 5.32 Å². The van der Waals surface area contributed by atoms with E-state index in [9.17, 15) is 36.2 Å². The Morgan fingerprint density at radius 1 is 1.32 bits per heavy atom. The lowest BCUT2D eigenvalue weighted by Crippen LogP contribution is -2.44. The molecule has 0 heterocycles. The Hall–Kier alpha value is -2.01. The minimum atomic E-state index is -4.96. The molecule has 1 aromatic rings. The first-order valence-electron chi connectivity index (χ1n) is 8.27.